The molecule has 0 aromatic heterocycles. The molecule has 0 saturated carbocycles. The fourth-order valence-corrected chi connectivity index (χ4v) is 3.67. The number of carbonyl (C=O) groups is 2. The van der Waals surface area contributed by atoms with E-state index < -0.39 is 36.1 Å². The van der Waals surface area contributed by atoms with Crippen molar-refractivity contribution in [1.29, 1.82) is 0 Å². The van der Waals surface area contributed by atoms with Gasteiger partial charge in [-0.15, -0.1) is 0 Å². The summed E-state index contributed by atoms with van der Waals surface area (Å²) in [6, 6.07) is 0. The van der Waals surface area contributed by atoms with Crippen molar-refractivity contribution in [3.8, 4) is 0 Å². The van der Waals surface area contributed by atoms with Gasteiger partial charge in [0.1, 0.15) is 11.1 Å². The number of hydrogen-bond acceptors (Lipinski definition) is 7. The molecule has 0 radical (unpaired) electrons. The number of aliphatic carboxylic acids is 2. The van der Waals surface area contributed by atoms with E-state index in [9.17, 15) is 19.8 Å². The minimum atomic E-state index is -1.52. The summed E-state index contributed by atoms with van der Waals surface area (Å²) < 4.78 is 0. The molecule has 2 fully saturated rings. The zero-order chi connectivity index (χ0) is 17.3. The van der Waals surface area contributed by atoms with Crippen molar-refractivity contribution in [1.82, 2.24) is 10.2 Å². The molecule has 2 heterocycles. The fraction of sp³-hybridized carbons (Fsp3) is 0.846. The van der Waals surface area contributed by atoms with Crippen LogP contribution in [0.1, 0.15) is 19.3 Å². The third-order valence-electron chi connectivity index (χ3n) is 5.17. The van der Waals surface area contributed by atoms with Crippen molar-refractivity contribution >= 4 is 19.1 Å². The van der Waals surface area contributed by atoms with Gasteiger partial charge in [0.25, 0.3) is 0 Å². The Morgan fingerprint density at radius 1 is 1.30 bits per heavy atom. The molecule has 23 heavy (non-hydrogen) atoms. The molecule has 1 unspecified atom stereocenters. The molecule has 2 rings (SSSR count). The van der Waals surface area contributed by atoms with Crippen LogP contribution < -0.4 is 11.1 Å². The summed E-state index contributed by atoms with van der Waals surface area (Å²) in [5.41, 5.74) is 3.46. The van der Waals surface area contributed by atoms with E-state index in [1.54, 1.807) is 4.90 Å². The predicted octanol–water partition coefficient (Wildman–Crippen LogP) is -2.23. The Morgan fingerprint density at radius 2 is 2.00 bits per heavy atom. The highest BCUT2D eigenvalue weighted by atomic mass is 16.4. The lowest BCUT2D eigenvalue weighted by atomic mass is 9.78. The average Bonchev–Trinajstić information content (AvgIpc) is 3.05. The molecule has 2 aliphatic rings. The zero-order valence-electron chi connectivity index (χ0n) is 12.9. The Hall–Kier alpha value is -1.20. The van der Waals surface area contributed by atoms with Crippen molar-refractivity contribution in [2.45, 2.75) is 36.7 Å². The normalized spacial score (nSPS) is 34.7. The SMILES string of the molecule is N[C@@]1(C(=O)O)CN(C2(C(=O)O)CCNC2)C[C@@H]1CCCB(O)O. The van der Waals surface area contributed by atoms with Crippen LogP contribution in [-0.4, -0.2) is 81.5 Å². The Labute approximate surface area is 134 Å². The van der Waals surface area contributed by atoms with Crippen LogP contribution in [0.15, 0.2) is 0 Å². The second kappa shape index (κ2) is 6.74. The van der Waals surface area contributed by atoms with Gasteiger partial charge in [-0.1, -0.05) is 6.42 Å². The van der Waals surface area contributed by atoms with Crippen molar-refractivity contribution in [2.24, 2.45) is 11.7 Å². The number of nitrogens with zero attached hydrogens (tertiary/aromatic N) is 1. The van der Waals surface area contributed by atoms with E-state index in [0.29, 0.717) is 25.8 Å². The fourth-order valence-electron chi connectivity index (χ4n) is 3.67. The van der Waals surface area contributed by atoms with Gasteiger partial charge in [0, 0.05) is 25.6 Å². The Balaban J connectivity index is 2.16. The molecule has 0 spiro atoms. The molecule has 2 saturated heterocycles. The van der Waals surface area contributed by atoms with E-state index in [2.05, 4.69) is 5.32 Å². The maximum absolute atomic E-state index is 11.8. The lowest BCUT2D eigenvalue weighted by Crippen LogP contribution is -2.59. The number of hydrogen-bond donors (Lipinski definition) is 6. The Bertz CT molecular complexity index is 471. The molecule has 0 amide bonds. The van der Waals surface area contributed by atoms with Crippen molar-refractivity contribution in [3.63, 3.8) is 0 Å². The van der Waals surface area contributed by atoms with Crippen LogP contribution in [0.25, 0.3) is 0 Å². The Kier molecular flexibility index (Phi) is 5.32. The molecule has 0 bridgehead atoms. The summed E-state index contributed by atoms with van der Waals surface area (Å²) >= 11 is 0. The summed E-state index contributed by atoms with van der Waals surface area (Å²) in [5.74, 6) is -2.56. The molecule has 130 valence electrons. The first kappa shape index (κ1) is 18.1. The van der Waals surface area contributed by atoms with E-state index in [1.807, 2.05) is 0 Å². The minimum absolute atomic E-state index is 0.0251. The van der Waals surface area contributed by atoms with E-state index >= 15 is 0 Å². The van der Waals surface area contributed by atoms with E-state index in [4.69, 9.17) is 15.8 Å². The molecular formula is C13H24BN3O6. The summed E-state index contributed by atoms with van der Waals surface area (Å²) in [7, 11) is -1.44. The maximum atomic E-state index is 11.8. The molecule has 7 N–H and O–H groups in total. The lowest BCUT2D eigenvalue weighted by Gasteiger charge is -2.34. The van der Waals surface area contributed by atoms with Crippen molar-refractivity contribution < 1.29 is 29.9 Å². The summed E-state index contributed by atoms with van der Waals surface area (Å²) in [4.78, 5) is 25.1. The van der Waals surface area contributed by atoms with Gasteiger partial charge in [-0.05, 0) is 25.7 Å². The van der Waals surface area contributed by atoms with Gasteiger partial charge in [-0.2, -0.15) is 0 Å². The van der Waals surface area contributed by atoms with Gasteiger partial charge in [0.15, 0.2) is 0 Å². The molecule has 2 aliphatic heterocycles. The smallest absolute Gasteiger partial charge is 0.451 e. The van der Waals surface area contributed by atoms with Gasteiger partial charge in [-0.25, -0.2) is 0 Å². The van der Waals surface area contributed by atoms with Crippen LogP contribution >= 0.6 is 0 Å². The van der Waals surface area contributed by atoms with Crippen LogP contribution in [0.3, 0.4) is 0 Å². The molecule has 0 aromatic carbocycles. The monoisotopic (exact) mass is 329 g/mol. The third-order valence-corrected chi connectivity index (χ3v) is 5.17. The van der Waals surface area contributed by atoms with Crippen LogP contribution in [-0.2, 0) is 9.59 Å². The highest BCUT2D eigenvalue weighted by molar-refractivity contribution is 6.40. The van der Waals surface area contributed by atoms with Crippen molar-refractivity contribution in [3.05, 3.63) is 0 Å². The van der Waals surface area contributed by atoms with Crippen molar-refractivity contribution in [2.75, 3.05) is 26.2 Å². The van der Waals surface area contributed by atoms with Crippen LogP contribution in [0.2, 0.25) is 6.32 Å². The molecule has 3 atom stereocenters. The highest BCUT2D eigenvalue weighted by Gasteiger charge is 2.57. The van der Waals surface area contributed by atoms with E-state index in [1.165, 1.54) is 0 Å². The first-order valence-electron chi connectivity index (χ1n) is 7.80. The maximum Gasteiger partial charge on any atom is 0.451 e. The summed E-state index contributed by atoms with van der Waals surface area (Å²) in [6.07, 6.45) is 1.36. The van der Waals surface area contributed by atoms with Gasteiger partial charge in [-0.3, -0.25) is 14.5 Å². The second-order valence-electron chi connectivity index (χ2n) is 6.60. The molecule has 9 nitrogen and oxygen atoms in total. The first-order chi connectivity index (χ1) is 10.7. The molecule has 0 aliphatic carbocycles. The Morgan fingerprint density at radius 3 is 2.48 bits per heavy atom. The summed E-state index contributed by atoms with van der Waals surface area (Å²) in [6.45, 7) is 1.08. The van der Waals surface area contributed by atoms with E-state index in [-0.39, 0.29) is 26.0 Å². The van der Waals surface area contributed by atoms with E-state index in [0.717, 1.165) is 0 Å². The standard InChI is InChI=1S/C13H24BN3O6/c15-13(11(20)21)8-17(6-9(13)2-1-4-14(22)23)12(10(18)19)3-5-16-7-12/h9,16,22-23H,1-8,15H2,(H,18,19)(H,20,21)/t9-,12?,13-/m0/s1. The quantitative estimate of drug-likeness (QED) is 0.284. The van der Waals surface area contributed by atoms with Crippen LogP contribution in [0.5, 0.6) is 0 Å². The number of rotatable bonds is 7. The average molecular weight is 329 g/mol. The number of nitrogens with one attached hydrogen (secondary N) is 1. The first-order valence-corrected chi connectivity index (χ1v) is 7.80. The van der Waals surface area contributed by atoms with Crippen LogP contribution in [0, 0.1) is 5.92 Å². The van der Waals surface area contributed by atoms with Crippen LogP contribution in [0.4, 0.5) is 0 Å². The van der Waals surface area contributed by atoms with Gasteiger partial charge in [0.2, 0.25) is 0 Å². The number of likely N-dealkylation sites (tertiary alicyclic amines) is 1. The van der Waals surface area contributed by atoms with Gasteiger partial charge in [0.05, 0.1) is 0 Å². The molecule has 10 heteroatoms. The second-order valence-corrected chi connectivity index (χ2v) is 6.60. The topological polar surface area (TPSA) is 156 Å². The largest absolute Gasteiger partial charge is 0.480 e. The molecular weight excluding hydrogens is 305 g/mol. The third kappa shape index (κ3) is 3.36. The lowest BCUT2D eigenvalue weighted by molar-refractivity contribution is -0.151. The summed E-state index contributed by atoms with van der Waals surface area (Å²) in [5, 5.41) is 40.0. The predicted molar refractivity (Wildman–Crippen MR) is 81.7 cm³/mol. The molecule has 0 aromatic rings. The van der Waals surface area contributed by atoms with Gasteiger partial charge < -0.3 is 31.3 Å². The zero-order valence-corrected chi connectivity index (χ0v) is 12.9. The highest BCUT2D eigenvalue weighted by Crippen LogP contribution is 2.37. The minimum Gasteiger partial charge on any atom is -0.480 e. The van der Waals surface area contributed by atoms with Gasteiger partial charge >= 0.3 is 19.1 Å². The number of carboxylic acid groups (broad SMARTS) is 2. The number of carboxylic acids is 2. The number of nitrogens with two attached hydrogens (primary N) is 1.